The summed E-state index contributed by atoms with van der Waals surface area (Å²) in [5.41, 5.74) is 1.09. The Labute approximate surface area is 137 Å². The number of carbonyl (C=O) groups excluding carboxylic acids is 1. The van der Waals surface area contributed by atoms with Crippen molar-refractivity contribution in [3.8, 4) is 5.75 Å². The van der Waals surface area contributed by atoms with Crippen LogP contribution in [0.1, 0.15) is 44.1 Å². The van der Waals surface area contributed by atoms with E-state index in [0.29, 0.717) is 13.2 Å². The van der Waals surface area contributed by atoms with Crippen LogP contribution in [-0.4, -0.2) is 39.2 Å². The Morgan fingerprint density at radius 1 is 1.17 bits per heavy atom. The largest absolute Gasteiger partial charge is 0.467 e. The molecule has 0 saturated heterocycles. The summed E-state index contributed by atoms with van der Waals surface area (Å²) >= 11 is 0. The van der Waals surface area contributed by atoms with Gasteiger partial charge in [-0.2, -0.15) is 0 Å². The third-order valence-electron chi connectivity index (χ3n) is 4.07. The number of para-hydroxylation sites is 1. The molecule has 1 fully saturated rings. The molecule has 1 saturated carbocycles. The van der Waals surface area contributed by atoms with E-state index in [1.807, 2.05) is 18.2 Å². The number of carbonyl (C=O) groups is 1. The van der Waals surface area contributed by atoms with E-state index in [1.54, 1.807) is 7.11 Å². The van der Waals surface area contributed by atoms with E-state index in [1.165, 1.54) is 6.92 Å². The molecule has 0 bridgehead atoms. The molecule has 0 aliphatic heterocycles. The Bertz CT molecular complexity index is 488. The number of ether oxygens (including phenoxy) is 4. The first kappa shape index (κ1) is 17.8. The highest BCUT2D eigenvalue weighted by atomic mass is 16.7. The molecule has 0 radical (unpaired) electrons. The van der Waals surface area contributed by atoms with E-state index >= 15 is 0 Å². The van der Waals surface area contributed by atoms with Crippen LogP contribution in [-0.2, 0) is 19.0 Å². The Balaban J connectivity index is 2.03. The summed E-state index contributed by atoms with van der Waals surface area (Å²) in [6.07, 6.45) is 4.07. The predicted molar refractivity (Wildman–Crippen MR) is 86.5 cm³/mol. The zero-order chi connectivity index (χ0) is 16.5. The van der Waals surface area contributed by atoms with Crippen molar-refractivity contribution in [3.05, 3.63) is 29.8 Å². The fraction of sp³-hybridized carbons (Fsp3) is 0.611. The minimum absolute atomic E-state index is 0.0691. The number of esters is 1. The van der Waals surface area contributed by atoms with Crippen LogP contribution in [0, 0.1) is 0 Å². The summed E-state index contributed by atoms with van der Waals surface area (Å²) in [6, 6.07) is 7.93. The predicted octanol–water partition coefficient (Wildman–Crippen LogP) is 3.28. The maximum Gasteiger partial charge on any atom is 0.302 e. The molecule has 5 nitrogen and oxygen atoms in total. The number of hydrogen-bond acceptors (Lipinski definition) is 5. The van der Waals surface area contributed by atoms with Crippen LogP contribution in [0.4, 0.5) is 0 Å². The molecule has 5 heteroatoms. The Morgan fingerprint density at radius 3 is 2.74 bits per heavy atom. The molecule has 0 N–H and O–H groups in total. The summed E-state index contributed by atoms with van der Waals surface area (Å²) in [6.45, 7) is 2.70. The second kappa shape index (κ2) is 9.53. The quantitative estimate of drug-likeness (QED) is 0.418. The molecular weight excluding hydrogens is 296 g/mol. The van der Waals surface area contributed by atoms with Crippen molar-refractivity contribution in [1.82, 2.24) is 0 Å². The molecule has 1 aromatic carbocycles. The van der Waals surface area contributed by atoms with Crippen molar-refractivity contribution in [2.45, 2.75) is 44.6 Å². The third-order valence-corrected chi connectivity index (χ3v) is 4.07. The lowest BCUT2D eigenvalue weighted by atomic mass is 9.81. The zero-order valence-electron chi connectivity index (χ0n) is 14.0. The molecule has 2 atom stereocenters. The van der Waals surface area contributed by atoms with Crippen molar-refractivity contribution >= 4 is 5.97 Å². The molecule has 0 spiro atoms. The van der Waals surface area contributed by atoms with E-state index in [-0.39, 0.29) is 24.8 Å². The lowest BCUT2D eigenvalue weighted by Crippen LogP contribution is -2.28. The highest BCUT2D eigenvalue weighted by Gasteiger charge is 2.30. The zero-order valence-corrected chi connectivity index (χ0v) is 14.0. The van der Waals surface area contributed by atoms with E-state index in [4.69, 9.17) is 18.9 Å². The van der Waals surface area contributed by atoms with Crippen LogP contribution in [0.3, 0.4) is 0 Å². The van der Waals surface area contributed by atoms with Crippen molar-refractivity contribution in [3.63, 3.8) is 0 Å². The maximum atomic E-state index is 11.4. The molecule has 2 rings (SSSR count). The number of rotatable bonds is 8. The first-order valence-corrected chi connectivity index (χ1v) is 8.18. The fourth-order valence-electron chi connectivity index (χ4n) is 3.03. The average Bonchev–Trinajstić information content (AvgIpc) is 2.55. The molecule has 1 aromatic rings. The Hall–Kier alpha value is -1.59. The fourth-order valence-corrected chi connectivity index (χ4v) is 3.03. The summed E-state index contributed by atoms with van der Waals surface area (Å²) in [4.78, 5) is 11.4. The first-order chi connectivity index (χ1) is 11.2. The van der Waals surface area contributed by atoms with Gasteiger partial charge in [0.15, 0.2) is 6.79 Å². The summed E-state index contributed by atoms with van der Waals surface area (Å²) in [5.74, 6) is 0.764. The number of benzene rings is 1. The molecule has 128 valence electrons. The van der Waals surface area contributed by atoms with Gasteiger partial charge in [-0.05, 0) is 25.3 Å². The van der Waals surface area contributed by atoms with Gasteiger partial charge in [-0.1, -0.05) is 24.6 Å². The summed E-state index contributed by atoms with van der Waals surface area (Å²) in [5, 5.41) is 0. The topological polar surface area (TPSA) is 54.0 Å². The van der Waals surface area contributed by atoms with Crippen LogP contribution < -0.4 is 4.74 Å². The standard InChI is InChI=1S/C18H26O5/c1-14(19)23-18-10-6-4-8-16(18)15-7-3-5-9-17(15)22-13-21-12-11-20-2/h3,5,7,9,16,18H,4,6,8,10-13H2,1-2H3/t16-,18+/m0/s1. The minimum Gasteiger partial charge on any atom is -0.467 e. The van der Waals surface area contributed by atoms with Gasteiger partial charge in [0.05, 0.1) is 13.2 Å². The monoisotopic (exact) mass is 322 g/mol. The Morgan fingerprint density at radius 2 is 1.96 bits per heavy atom. The van der Waals surface area contributed by atoms with E-state index < -0.39 is 0 Å². The van der Waals surface area contributed by atoms with Crippen LogP contribution >= 0.6 is 0 Å². The maximum absolute atomic E-state index is 11.4. The lowest BCUT2D eigenvalue weighted by Gasteiger charge is -2.32. The third kappa shape index (κ3) is 5.52. The minimum atomic E-state index is -0.219. The van der Waals surface area contributed by atoms with Crippen LogP contribution in [0.5, 0.6) is 5.75 Å². The molecule has 0 amide bonds. The second-order valence-corrected chi connectivity index (χ2v) is 5.74. The average molecular weight is 322 g/mol. The second-order valence-electron chi connectivity index (χ2n) is 5.74. The molecule has 23 heavy (non-hydrogen) atoms. The van der Waals surface area contributed by atoms with Crippen molar-refractivity contribution in [1.29, 1.82) is 0 Å². The van der Waals surface area contributed by atoms with Crippen molar-refractivity contribution in [2.24, 2.45) is 0 Å². The normalized spacial score (nSPS) is 21.0. The highest BCUT2D eigenvalue weighted by Crippen LogP contribution is 2.39. The van der Waals surface area contributed by atoms with Crippen molar-refractivity contribution in [2.75, 3.05) is 27.1 Å². The van der Waals surface area contributed by atoms with Gasteiger partial charge in [0.2, 0.25) is 0 Å². The van der Waals surface area contributed by atoms with Gasteiger partial charge in [-0.15, -0.1) is 0 Å². The molecule has 0 aromatic heterocycles. The van der Waals surface area contributed by atoms with E-state index in [0.717, 1.165) is 37.0 Å². The Kier molecular flexibility index (Phi) is 7.36. The summed E-state index contributed by atoms with van der Waals surface area (Å²) in [7, 11) is 1.64. The van der Waals surface area contributed by atoms with Gasteiger partial charge >= 0.3 is 5.97 Å². The van der Waals surface area contributed by atoms with Gasteiger partial charge in [0.25, 0.3) is 0 Å². The molecule has 0 heterocycles. The van der Waals surface area contributed by atoms with Crippen LogP contribution in [0.25, 0.3) is 0 Å². The van der Waals surface area contributed by atoms with Gasteiger partial charge in [-0.25, -0.2) is 0 Å². The van der Waals surface area contributed by atoms with Crippen LogP contribution in [0.15, 0.2) is 24.3 Å². The number of hydrogen-bond donors (Lipinski definition) is 0. The van der Waals surface area contributed by atoms with E-state index in [2.05, 4.69) is 6.07 Å². The van der Waals surface area contributed by atoms with E-state index in [9.17, 15) is 4.79 Å². The summed E-state index contributed by atoms with van der Waals surface area (Å²) < 4.78 is 21.6. The van der Waals surface area contributed by atoms with Crippen molar-refractivity contribution < 1.29 is 23.7 Å². The molecule has 0 unspecified atom stereocenters. The number of methoxy groups -OCH3 is 1. The molecule has 1 aliphatic carbocycles. The first-order valence-electron chi connectivity index (χ1n) is 8.18. The molecule has 1 aliphatic rings. The SMILES string of the molecule is COCCOCOc1ccccc1[C@@H]1CCCC[C@H]1OC(C)=O. The highest BCUT2D eigenvalue weighted by molar-refractivity contribution is 5.66. The van der Waals surface area contributed by atoms with Gasteiger partial charge in [0.1, 0.15) is 11.9 Å². The van der Waals surface area contributed by atoms with Gasteiger partial charge in [-0.3, -0.25) is 4.79 Å². The van der Waals surface area contributed by atoms with Crippen LogP contribution in [0.2, 0.25) is 0 Å². The molecular formula is C18H26O5. The lowest BCUT2D eigenvalue weighted by molar-refractivity contribution is -0.148. The van der Waals surface area contributed by atoms with Gasteiger partial charge in [0, 0.05) is 25.5 Å². The van der Waals surface area contributed by atoms with Gasteiger partial charge < -0.3 is 18.9 Å². The smallest absolute Gasteiger partial charge is 0.302 e.